The number of amides is 1. The number of hydrogen-bond donors (Lipinski definition) is 0. The number of nitrogens with zero attached hydrogens (tertiary/aromatic N) is 3. The van der Waals surface area contributed by atoms with Gasteiger partial charge >= 0.3 is 0 Å². The number of rotatable bonds is 6. The molecule has 4 rings (SSSR count). The van der Waals surface area contributed by atoms with Crippen LogP contribution in [0, 0.1) is 17.7 Å². The summed E-state index contributed by atoms with van der Waals surface area (Å²) in [5.74, 6) is -0.0663. The monoisotopic (exact) mass is 467 g/mol. The fourth-order valence-electron chi connectivity index (χ4n) is 5.03. The largest absolute Gasteiger partial charge is 0.379 e. The quantitative estimate of drug-likeness (QED) is 0.642. The van der Waals surface area contributed by atoms with E-state index in [9.17, 15) is 17.6 Å². The Morgan fingerprint density at radius 1 is 0.969 bits per heavy atom. The summed E-state index contributed by atoms with van der Waals surface area (Å²) in [7, 11) is -3.87. The van der Waals surface area contributed by atoms with Crippen LogP contribution >= 0.6 is 0 Å². The molecule has 7 nitrogen and oxygen atoms in total. The molecule has 0 unspecified atom stereocenters. The maximum atomic E-state index is 14.0. The van der Waals surface area contributed by atoms with Gasteiger partial charge < -0.3 is 9.64 Å². The molecule has 0 aliphatic carbocycles. The van der Waals surface area contributed by atoms with Gasteiger partial charge in [0.2, 0.25) is 15.9 Å². The van der Waals surface area contributed by atoms with E-state index < -0.39 is 15.8 Å². The molecule has 32 heavy (non-hydrogen) atoms. The highest BCUT2D eigenvalue weighted by Gasteiger charge is 2.35. The van der Waals surface area contributed by atoms with Crippen molar-refractivity contribution in [3.63, 3.8) is 0 Å². The molecule has 0 saturated carbocycles. The number of benzene rings is 1. The van der Waals surface area contributed by atoms with Crippen molar-refractivity contribution in [2.75, 3.05) is 59.0 Å². The molecule has 3 aliphatic heterocycles. The molecule has 3 aliphatic rings. The summed E-state index contributed by atoms with van der Waals surface area (Å²) < 4.78 is 46.3. The van der Waals surface area contributed by atoms with Crippen LogP contribution in [0.5, 0.6) is 0 Å². The zero-order valence-corrected chi connectivity index (χ0v) is 19.4. The van der Waals surface area contributed by atoms with Crippen LogP contribution in [0.25, 0.3) is 0 Å². The SMILES string of the molecule is O=C(C1CCN(S(=O)(=O)c2ccccc2F)CC1)N1CCC(CCN2CCOCC2)CC1. The summed E-state index contributed by atoms with van der Waals surface area (Å²) in [5, 5.41) is 0. The molecule has 0 bridgehead atoms. The predicted molar refractivity (Wildman–Crippen MR) is 119 cm³/mol. The minimum absolute atomic E-state index is 0.146. The zero-order valence-electron chi connectivity index (χ0n) is 18.6. The van der Waals surface area contributed by atoms with Gasteiger partial charge in [0.25, 0.3) is 0 Å². The van der Waals surface area contributed by atoms with E-state index in [0.29, 0.717) is 18.8 Å². The molecule has 1 aromatic rings. The first-order valence-corrected chi connectivity index (χ1v) is 13.2. The van der Waals surface area contributed by atoms with Gasteiger partial charge in [0.15, 0.2) is 0 Å². The number of sulfonamides is 1. The summed E-state index contributed by atoms with van der Waals surface area (Å²) >= 11 is 0. The third kappa shape index (κ3) is 5.50. The molecule has 0 spiro atoms. The minimum Gasteiger partial charge on any atom is -0.379 e. The summed E-state index contributed by atoms with van der Waals surface area (Å²) in [5.41, 5.74) is 0. The molecular weight excluding hydrogens is 433 g/mol. The van der Waals surface area contributed by atoms with Crippen molar-refractivity contribution in [3.05, 3.63) is 30.1 Å². The number of halogens is 1. The van der Waals surface area contributed by atoms with Crippen molar-refractivity contribution < 1.29 is 22.3 Å². The standard InChI is InChI=1S/C23H34FN3O4S/c24-21-3-1-2-4-22(21)32(29,30)27-13-8-20(9-14-27)23(28)26-11-6-19(7-12-26)5-10-25-15-17-31-18-16-25/h1-4,19-20H,5-18H2. The van der Waals surface area contributed by atoms with Crippen molar-refractivity contribution in [1.29, 1.82) is 0 Å². The van der Waals surface area contributed by atoms with Crippen molar-refractivity contribution >= 4 is 15.9 Å². The van der Waals surface area contributed by atoms with Crippen LogP contribution < -0.4 is 0 Å². The van der Waals surface area contributed by atoms with E-state index in [1.54, 1.807) is 0 Å². The molecular formula is C23H34FN3O4S. The van der Waals surface area contributed by atoms with Gasteiger partial charge in [-0.1, -0.05) is 12.1 Å². The fraction of sp³-hybridized carbons (Fsp3) is 0.696. The highest BCUT2D eigenvalue weighted by molar-refractivity contribution is 7.89. The third-order valence-electron chi connectivity index (χ3n) is 7.14. The Morgan fingerprint density at radius 2 is 1.62 bits per heavy atom. The summed E-state index contributed by atoms with van der Waals surface area (Å²) in [6.45, 7) is 6.88. The number of morpholine rings is 1. The van der Waals surface area contributed by atoms with Crippen molar-refractivity contribution in [3.8, 4) is 0 Å². The topological polar surface area (TPSA) is 70.2 Å². The van der Waals surface area contributed by atoms with E-state index in [0.717, 1.165) is 64.8 Å². The zero-order chi connectivity index (χ0) is 22.6. The second-order valence-electron chi connectivity index (χ2n) is 9.12. The summed E-state index contributed by atoms with van der Waals surface area (Å²) in [6, 6.07) is 5.46. The van der Waals surface area contributed by atoms with Crippen molar-refractivity contribution in [1.82, 2.24) is 14.1 Å². The fourth-order valence-corrected chi connectivity index (χ4v) is 6.56. The number of piperidine rings is 2. The lowest BCUT2D eigenvalue weighted by atomic mass is 9.91. The average molecular weight is 468 g/mol. The molecule has 3 fully saturated rings. The molecule has 0 radical (unpaired) electrons. The Kier molecular flexibility index (Phi) is 7.81. The molecule has 1 amide bonds. The van der Waals surface area contributed by atoms with E-state index in [2.05, 4.69) is 4.90 Å². The third-order valence-corrected chi connectivity index (χ3v) is 9.07. The minimum atomic E-state index is -3.87. The Balaban J connectivity index is 1.22. The number of ether oxygens (including phenoxy) is 1. The highest BCUT2D eigenvalue weighted by atomic mass is 32.2. The van der Waals surface area contributed by atoms with Crippen molar-refractivity contribution in [2.24, 2.45) is 11.8 Å². The summed E-state index contributed by atoms with van der Waals surface area (Å²) in [4.78, 5) is 17.2. The van der Waals surface area contributed by atoms with Crippen LogP contribution in [0.1, 0.15) is 32.1 Å². The van der Waals surface area contributed by atoms with Crippen LogP contribution in [0.15, 0.2) is 29.2 Å². The maximum Gasteiger partial charge on any atom is 0.245 e. The van der Waals surface area contributed by atoms with E-state index in [1.165, 1.54) is 28.9 Å². The lowest BCUT2D eigenvalue weighted by Crippen LogP contribution is -2.47. The molecule has 3 saturated heterocycles. The number of hydrogen-bond acceptors (Lipinski definition) is 5. The molecule has 0 aromatic heterocycles. The first kappa shape index (κ1) is 23.6. The smallest absolute Gasteiger partial charge is 0.245 e. The molecule has 178 valence electrons. The summed E-state index contributed by atoms with van der Waals surface area (Å²) in [6.07, 6.45) is 4.23. The number of carbonyl (C=O) groups excluding carboxylic acids is 1. The molecule has 9 heteroatoms. The first-order chi connectivity index (χ1) is 15.4. The molecule has 0 N–H and O–H groups in total. The van der Waals surface area contributed by atoms with E-state index in [-0.39, 0.29) is 29.8 Å². The normalized spacial score (nSPS) is 22.8. The van der Waals surface area contributed by atoms with Gasteiger partial charge in [-0.25, -0.2) is 12.8 Å². The lowest BCUT2D eigenvalue weighted by Gasteiger charge is -2.37. The number of carbonyl (C=O) groups is 1. The van der Waals surface area contributed by atoms with Crippen LogP contribution in [-0.4, -0.2) is 87.5 Å². The lowest BCUT2D eigenvalue weighted by molar-refractivity contribution is -0.138. The predicted octanol–water partition coefficient (Wildman–Crippen LogP) is 2.19. The van der Waals surface area contributed by atoms with Gasteiger partial charge in [-0.15, -0.1) is 0 Å². The van der Waals surface area contributed by atoms with Crippen molar-refractivity contribution in [2.45, 2.75) is 37.0 Å². The number of likely N-dealkylation sites (tertiary alicyclic amines) is 1. The van der Waals surface area contributed by atoms with Crippen LogP contribution in [0.2, 0.25) is 0 Å². The van der Waals surface area contributed by atoms with Gasteiger partial charge in [-0.05, 0) is 56.7 Å². The Labute approximate surface area is 190 Å². The Bertz CT molecular complexity index is 875. The second-order valence-corrected chi connectivity index (χ2v) is 11.0. The first-order valence-electron chi connectivity index (χ1n) is 11.8. The van der Waals surface area contributed by atoms with Gasteiger partial charge in [-0.2, -0.15) is 4.31 Å². The van der Waals surface area contributed by atoms with Gasteiger partial charge in [0.05, 0.1) is 13.2 Å². The molecule has 3 heterocycles. The van der Waals surface area contributed by atoms with Crippen LogP contribution in [0.4, 0.5) is 4.39 Å². The maximum absolute atomic E-state index is 14.0. The van der Waals surface area contributed by atoms with E-state index in [4.69, 9.17) is 4.74 Å². The van der Waals surface area contributed by atoms with Gasteiger partial charge in [0.1, 0.15) is 10.7 Å². The Hall–Kier alpha value is -1.55. The van der Waals surface area contributed by atoms with Gasteiger partial charge in [0, 0.05) is 45.2 Å². The second kappa shape index (κ2) is 10.6. The van der Waals surface area contributed by atoms with Crippen LogP contribution in [0.3, 0.4) is 0 Å². The Morgan fingerprint density at radius 3 is 2.28 bits per heavy atom. The van der Waals surface area contributed by atoms with E-state index in [1.807, 2.05) is 4.90 Å². The van der Waals surface area contributed by atoms with Gasteiger partial charge in [-0.3, -0.25) is 9.69 Å². The molecule has 1 aromatic carbocycles. The molecule has 0 atom stereocenters. The average Bonchev–Trinajstić information content (AvgIpc) is 2.83. The highest BCUT2D eigenvalue weighted by Crippen LogP contribution is 2.28. The van der Waals surface area contributed by atoms with Crippen LogP contribution in [-0.2, 0) is 19.6 Å². The van der Waals surface area contributed by atoms with E-state index >= 15 is 0 Å².